The highest BCUT2D eigenvalue weighted by atomic mass is 35.5. The minimum Gasteiger partial charge on any atom is -0.323 e. The van der Waals surface area contributed by atoms with Crippen molar-refractivity contribution in [1.82, 2.24) is 4.98 Å². The number of pyridine rings is 1. The maximum absolute atomic E-state index is 6.05. The molecule has 2 N–H and O–H groups in total. The molecule has 0 aliphatic rings. The van der Waals surface area contributed by atoms with E-state index in [1.165, 1.54) is 0 Å². The number of nitrogens with zero attached hydrogens (tertiary/aromatic N) is 1. The second-order valence-corrected chi connectivity index (χ2v) is 4.59. The molecule has 0 aliphatic carbocycles. The Kier molecular flexibility index (Phi) is 2.94. The van der Waals surface area contributed by atoms with Gasteiger partial charge in [-0.2, -0.15) is 0 Å². The molecule has 0 amide bonds. The number of aromatic nitrogens is 1. The van der Waals surface area contributed by atoms with Gasteiger partial charge in [0.15, 0.2) is 0 Å². The zero-order chi connectivity index (χ0) is 10.1. The topological polar surface area (TPSA) is 38.9 Å². The first-order valence-corrected chi connectivity index (χ1v) is 4.66. The van der Waals surface area contributed by atoms with E-state index in [-0.39, 0.29) is 11.5 Å². The number of rotatable bonds is 1. The molecule has 3 heteroatoms. The van der Waals surface area contributed by atoms with Crippen LogP contribution in [0.1, 0.15) is 32.4 Å². The SMILES string of the molecule is CC(C)(C)[C@H](N)c1cccnc1Cl. The molecule has 0 saturated heterocycles. The predicted molar refractivity (Wildman–Crippen MR) is 55.6 cm³/mol. The zero-order valence-electron chi connectivity index (χ0n) is 8.21. The van der Waals surface area contributed by atoms with Crippen LogP contribution in [0.3, 0.4) is 0 Å². The third kappa shape index (κ3) is 2.42. The molecule has 2 nitrogen and oxygen atoms in total. The lowest BCUT2D eigenvalue weighted by Crippen LogP contribution is -2.26. The lowest BCUT2D eigenvalue weighted by molar-refractivity contribution is 0.326. The monoisotopic (exact) mass is 198 g/mol. The second kappa shape index (κ2) is 3.64. The largest absolute Gasteiger partial charge is 0.323 e. The van der Waals surface area contributed by atoms with E-state index < -0.39 is 0 Å². The van der Waals surface area contributed by atoms with Crippen LogP contribution in [0.15, 0.2) is 18.3 Å². The van der Waals surface area contributed by atoms with Crippen molar-refractivity contribution in [2.45, 2.75) is 26.8 Å². The fourth-order valence-corrected chi connectivity index (χ4v) is 1.33. The van der Waals surface area contributed by atoms with Crippen molar-refractivity contribution in [3.8, 4) is 0 Å². The molecule has 0 saturated carbocycles. The van der Waals surface area contributed by atoms with Crippen molar-refractivity contribution in [1.29, 1.82) is 0 Å². The van der Waals surface area contributed by atoms with Gasteiger partial charge >= 0.3 is 0 Å². The van der Waals surface area contributed by atoms with Gasteiger partial charge in [-0.25, -0.2) is 4.98 Å². The standard InChI is InChI=1S/C10H15ClN2/c1-10(2,3)8(12)7-5-4-6-13-9(7)11/h4-6,8H,12H2,1-3H3/t8-/m1/s1. The van der Waals surface area contributed by atoms with Crippen molar-refractivity contribution in [2.75, 3.05) is 0 Å². The molecule has 0 fully saturated rings. The number of nitrogens with two attached hydrogens (primary N) is 1. The highest BCUT2D eigenvalue weighted by molar-refractivity contribution is 6.30. The molecular weight excluding hydrogens is 184 g/mol. The highest BCUT2D eigenvalue weighted by Crippen LogP contribution is 2.32. The van der Waals surface area contributed by atoms with E-state index in [0.29, 0.717) is 5.15 Å². The van der Waals surface area contributed by atoms with E-state index in [0.717, 1.165) is 5.56 Å². The van der Waals surface area contributed by atoms with Crippen LogP contribution < -0.4 is 5.73 Å². The molecule has 0 radical (unpaired) electrons. The molecule has 72 valence electrons. The Morgan fingerprint density at radius 2 is 2.08 bits per heavy atom. The van der Waals surface area contributed by atoms with Gasteiger partial charge in [-0.3, -0.25) is 0 Å². The average Bonchev–Trinajstić information content (AvgIpc) is 2.02. The normalized spacial score (nSPS) is 14.2. The van der Waals surface area contributed by atoms with E-state index in [1.807, 2.05) is 12.1 Å². The summed E-state index contributed by atoms with van der Waals surface area (Å²) in [6, 6.07) is 3.70. The Bertz CT molecular complexity index is 291. The highest BCUT2D eigenvalue weighted by Gasteiger charge is 2.24. The summed E-state index contributed by atoms with van der Waals surface area (Å²) in [5.74, 6) is 0. The fraction of sp³-hybridized carbons (Fsp3) is 0.500. The Hall–Kier alpha value is -0.600. The second-order valence-electron chi connectivity index (χ2n) is 4.23. The summed E-state index contributed by atoms with van der Waals surface area (Å²) in [6.07, 6.45) is 1.67. The van der Waals surface area contributed by atoms with Crippen molar-refractivity contribution in [3.05, 3.63) is 29.0 Å². The molecular formula is C10H15ClN2. The van der Waals surface area contributed by atoms with Crippen molar-refractivity contribution < 1.29 is 0 Å². The number of hydrogen-bond donors (Lipinski definition) is 1. The Labute approximate surface area is 84.1 Å². The van der Waals surface area contributed by atoms with Crippen LogP contribution in [-0.2, 0) is 0 Å². The van der Waals surface area contributed by atoms with Crippen molar-refractivity contribution in [2.24, 2.45) is 11.1 Å². The molecule has 0 aliphatic heterocycles. The molecule has 0 unspecified atom stereocenters. The average molecular weight is 199 g/mol. The van der Waals surface area contributed by atoms with Gasteiger partial charge < -0.3 is 5.73 Å². The van der Waals surface area contributed by atoms with Crippen molar-refractivity contribution >= 4 is 11.6 Å². The Morgan fingerprint density at radius 3 is 2.54 bits per heavy atom. The first kappa shape index (κ1) is 10.5. The van der Waals surface area contributed by atoms with E-state index in [9.17, 15) is 0 Å². The lowest BCUT2D eigenvalue weighted by atomic mass is 9.84. The predicted octanol–water partition coefficient (Wildman–Crippen LogP) is 2.78. The Balaban J connectivity index is 3.02. The van der Waals surface area contributed by atoms with Crippen LogP contribution in [0, 0.1) is 5.41 Å². The summed E-state index contributed by atoms with van der Waals surface area (Å²) in [5.41, 5.74) is 6.97. The summed E-state index contributed by atoms with van der Waals surface area (Å²) < 4.78 is 0. The van der Waals surface area contributed by atoms with Gasteiger partial charge in [-0.1, -0.05) is 38.4 Å². The van der Waals surface area contributed by atoms with Gasteiger partial charge in [0, 0.05) is 17.8 Å². The van der Waals surface area contributed by atoms with Crippen LogP contribution in [0.25, 0.3) is 0 Å². The summed E-state index contributed by atoms with van der Waals surface area (Å²) in [4.78, 5) is 4.00. The van der Waals surface area contributed by atoms with Gasteiger partial charge in [0.25, 0.3) is 0 Å². The summed E-state index contributed by atoms with van der Waals surface area (Å²) >= 11 is 5.93. The maximum Gasteiger partial charge on any atom is 0.133 e. The fourth-order valence-electron chi connectivity index (χ4n) is 1.10. The van der Waals surface area contributed by atoms with Crippen LogP contribution in [0.5, 0.6) is 0 Å². The Morgan fingerprint density at radius 1 is 1.46 bits per heavy atom. The summed E-state index contributed by atoms with van der Waals surface area (Å²) in [7, 11) is 0. The van der Waals surface area contributed by atoms with Crippen LogP contribution >= 0.6 is 11.6 Å². The minimum absolute atomic E-state index is 0.00662. The molecule has 0 spiro atoms. The molecule has 1 atom stereocenters. The minimum atomic E-state index is -0.0753. The zero-order valence-corrected chi connectivity index (χ0v) is 8.97. The van der Waals surface area contributed by atoms with Crippen LogP contribution in [0.4, 0.5) is 0 Å². The molecule has 13 heavy (non-hydrogen) atoms. The molecule has 1 aromatic rings. The van der Waals surface area contributed by atoms with Gasteiger partial charge in [0.2, 0.25) is 0 Å². The molecule has 1 rings (SSSR count). The van der Waals surface area contributed by atoms with E-state index in [2.05, 4.69) is 25.8 Å². The van der Waals surface area contributed by atoms with Gasteiger partial charge in [-0.05, 0) is 11.5 Å². The van der Waals surface area contributed by atoms with Crippen LogP contribution in [-0.4, -0.2) is 4.98 Å². The number of halogens is 1. The number of hydrogen-bond acceptors (Lipinski definition) is 2. The van der Waals surface area contributed by atoms with E-state index >= 15 is 0 Å². The summed E-state index contributed by atoms with van der Waals surface area (Å²) in [5, 5.41) is 0.505. The first-order chi connectivity index (χ1) is 5.93. The maximum atomic E-state index is 6.05. The molecule has 1 heterocycles. The third-order valence-corrected chi connectivity index (χ3v) is 2.37. The van der Waals surface area contributed by atoms with Crippen LogP contribution in [0.2, 0.25) is 5.15 Å². The van der Waals surface area contributed by atoms with E-state index in [4.69, 9.17) is 17.3 Å². The van der Waals surface area contributed by atoms with Gasteiger partial charge in [-0.15, -0.1) is 0 Å². The quantitative estimate of drug-likeness (QED) is 0.705. The van der Waals surface area contributed by atoms with E-state index in [1.54, 1.807) is 6.20 Å². The van der Waals surface area contributed by atoms with Crippen molar-refractivity contribution in [3.63, 3.8) is 0 Å². The molecule has 0 aromatic carbocycles. The smallest absolute Gasteiger partial charge is 0.133 e. The molecule has 1 aromatic heterocycles. The van der Waals surface area contributed by atoms with Gasteiger partial charge in [0.05, 0.1) is 0 Å². The molecule has 0 bridgehead atoms. The first-order valence-electron chi connectivity index (χ1n) is 4.29. The lowest BCUT2D eigenvalue weighted by Gasteiger charge is -2.27. The summed E-state index contributed by atoms with van der Waals surface area (Å²) in [6.45, 7) is 6.25. The van der Waals surface area contributed by atoms with Gasteiger partial charge in [0.1, 0.15) is 5.15 Å². The third-order valence-electron chi connectivity index (χ3n) is 2.06.